The molecule has 0 saturated heterocycles. The lowest BCUT2D eigenvalue weighted by Gasteiger charge is -2.14. The molecule has 1 atom stereocenters. The lowest BCUT2D eigenvalue weighted by molar-refractivity contribution is 0.577. The Morgan fingerprint density at radius 1 is 1.50 bits per heavy atom. The normalized spacial score (nSPS) is 12.5. The van der Waals surface area contributed by atoms with Crippen LogP contribution in [0, 0.1) is 5.92 Å². The van der Waals surface area contributed by atoms with Crippen LogP contribution in [0.3, 0.4) is 0 Å². The van der Waals surface area contributed by atoms with Crippen molar-refractivity contribution in [3.05, 3.63) is 11.5 Å². The van der Waals surface area contributed by atoms with Gasteiger partial charge in [0.05, 0.1) is 0 Å². The van der Waals surface area contributed by atoms with Gasteiger partial charge in [0.2, 0.25) is 0 Å². The molecule has 1 unspecified atom stereocenters. The summed E-state index contributed by atoms with van der Waals surface area (Å²) in [6.45, 7) is 8.21. The van der Waals surface area contributed by atoms with Crippen LogP contribution in [0.15, 0.2) is 11.5 Å². The maximum Gasteiger partial charge on any atom is -0.00434 e. The highest BCUT2D eigenvalue weighted by atomic mass is 32.2. The van der Waals surface area contributed by atoms with Crippen LogP contribution in [-0.4, -0.2) is 4.86 Å². The van der Waals surface area contributed by atoms with Crippen molar-refractivity contribution in [2.45, 2.75) is 46.0 Å². The Labute approximate surface area is 97.7 Å². The zero-order chi connectivity index (χ0) is 11.0. The van der Waals surface area contributed by atoms with E-state index >= 15 is 0 Å². The van der Waals surface area contributed by atoms with Crippen molar-refractivity contribution < 1.29 is 0 Å². The first-order valence-corrected chi connectivity index (χ1v) is 6.51. The van der Waals surface area contributed by atoms with Crippen molar-refractivity contribution in [1.29, 1.82) is 0 Å². The molecule has 0 radical (unpaired) electrons. The monoisotopic (exact) mass is 231 g/mol. The van der Waals surface area contributed by atoms with Crippen molar-refractivity contribution in [3.8, 4) is 0 Å². The topological polar surface area (TPSA) is 26.0 Å². The van der Waals surface area contributed by atoms with Crippen molar-refractivity contribution in [3.63, 3.8) is 0 Å². The summed E-state index contributed by atoms with van der Waals surface area (Å²) in [5, 5.41) is 5.40. The van der Waals surface area contributed by atoms with Crippen LogP contribution in [0.5, 0.6) is 0 Å². The third-order valence-corrected chi connectivity index (χ3v) is 3.63. The fourth-order valence-electron chi connectivity index (χ4n) is 1.49. The van der Waals surface area contributed by atoms with Crippen LogP contribution in [0.25, 0.3) is 0 Å². The van der Waals surface area contributed by atoms with E-state index in [2.05, 4.69) is 20.4 Å². The molecule has 0 aromatic rings. The minimum Gasteiger partial charge on any atom is -0.274 e. The van der Waals surface area contributed by atoms with E-state index in [9.17, 15) is 0 Å². The smallest absolute Gasteiger partial charge is 0.00434 e. The first-order chi connectivity index (χ1) is 6.65. The van der Waals surface area contributed by atoms with Crippen molar-refractivity contribution in [2.75, 3.05) is 0 Å². The van der Waals surface area contributed by atoms with E-state index < -0.39 is 0 Å². The first-order valence-electron chi connectivity index (χ1n) is 5.22. The Kier molecular flexibility index (Phi) is 8.53. The number of hydrogen-bond acceptors (Lipinski definition) is 3. The molecule has 0 saturated carbocycles. The average Bonchev–Trinajstić information content (AvgIpc) is 2.22. The SMILES string of the molecule is C=C(CCCC(CC)C(=S)CC)SN. The van der Waals surface area contributed by atoms with Crippen molar-refractivity contribution >= 4 is 29.0 Å². The Morgan fingerprint density at radius 3 is 2.57 bits per heavy atom. The Bertz CT molecular complexity index is 190. The maximum absolute atomic E-state index is 5.40. The summed E-state index contributed by atoms with van der Waals surface area (Å²) in [6.07, 6.45) is 5.55. The largest absolute Gasteiger partial charge is 0.274 e. The summed E-state index contributed by atoms with van der Waals surface area (Å²) in [7, 11) is 0. The summed E-state index contributed by atoms with van der Waals surface area (Å²) < 4.78 is 0. The molecule has 1 nitrogen and oxygen atoms in total. The molecule has 0 rings (SSSR count). The van der Waals surface area contributed by atoms with E-state index in [4.69, 9.17) is 17.4 Å². The van der Waals surface area contributed by atoms with Gasteiger partial charge in [-0.1, -0.05) is 44.6 Å². The standard InChI is InChI=1S/C11H21NS2/c1-4-10(11(13)5-2)8-6-7-9(3)14-12/h10H,3-8,12H2,1-2H3. The Hall–Kier alpha value is 0.140. The molecule has 14 heavy (non-hydrogen) atoms. The van der Waals surface area contributed by atoms with Crippen LogP contribution in [0.2, 0.25) is 0 Å². The Morgan fingerprint density at radius 2 is 2.14 bits per heavy atom. The van der Waals surface area contributed by atoms with Crippen LogP contribution in [-0.2, 0) is 0 Å². The van der Waals surface area contributed by atoms with Crippen molar-refractivity contribution in [2.24, 2.45) is 11.1 Å². The summed E-state index contributed by atoms with van der Waals surface area (Å²) in [5.74, 6) is 0.616. The molecule has 0 aliphatic carbocycles. The predicted molar refractivity (Wildman–Crippen MR) is 71.4 cm³/mol. The van der Waals surface area contributed by atoms with Crippen LogP contribution < -0.4 is 5.14 Å². The summed E-state index contributed by atoms with van der Waals surface area (Å²) >= 11 is 6.60. The molecule has 2 N–H and O–H groups in total. The zero-order valence-electron chi connectivity index (χ0n) is 9.21. The van der Waals surface area contributed by atoms with E-state index in [-0.39, 0.29) is 0 Å². The summed E-state index contributed by atoms with van der Waals surface area (Å²) in [6, 6.07) is 0. The van der Waals surface area contributed by atoms with E-state index in [1.165, 1.54) is 23.2 Å². The number of rotatable bonds is 8. The second-order valence-corrected chi connectivity index (χ2v) is 4.81. The molecule has 0 bridgehead atoms. The van der Waals surface area contributed by atoms with Crippen LogP contribution >= 0.6 is 24.2 Å². The van der Waals surface area contributed by atoms with Crippen molar-refractivity contribution in [1.82, 2.24) is 0 Å². The fourth-order valence-corrected chi connectivity index (χ4v) is 2.03. The molecule has 0 aliphatic rings. The average molecular weight is 231 g/mol. The van der Waals surface area contributed by atoms with Crippen LogP contribution in [0.1, 0.15) is 46.0 Å². The summed E-state index contributed by atoms with van der Waals surface area (Å²) in [5.41, 5.74) is 0. The molecule has 0 heterocycles. The van der Waals surface area contributed by atoms with Gasteiger partial charge >= 0.3 is 0 Å². The first kappa shape index (κ1) is 14.1. The number of allylic oxidation sites excluding steroid dienone is 1. The predicted octanol–water partition coefficient (Wildman–Crippen LogP) is 4.08. The van der Waals surface area contributed by atoms with Gasteiger partial charge in [-0.15, -0.1) is 0 Å². The van der Waals surface area contributed by atoms with Gasteiger partial charge in [-0.2, -0.15) is 0 Å². The molecule has 0 spiro atoms. The van der Waals surface area contributed by atoms with Gasteiger partial charge in [0.15, 0.2) is 0 Å². The highest BCUT2D eigenvalue weighted by molar-refractivity contribution is 8.00. The number of thiocarbonyl (C=S) groups is 1. The summed E-state index contributed by atoms with van der Waals surface area (Å²) in [4.78, 5) is 2.29. The second-order valence-electron chi connectivity index (χ2n) is 3.47. The van der Waals surface area contributed by atoms with Gasteiger partial charge in [-0.3, -0.25) is 5.14 Å². The molecule has 82 valence electrons. The van der Waals surface area contributed by atoms with Gasteiger partial charge in [0.1, 0.15) is 0 Å². The number of hydrogen-bond donors (Lipinski definition) is 1. The lowest BCUT2D eigenvalue weighted by Crippen LogP contribution is -2.10. The molecular weight excluding hydrogens is 210 g/mol. The highest BCUT2D eigenvalue weighted by Gasteiger charge is 2.10. The zero-order valence-corrected chi connectivity index (χ0v) is 10.8. The fraction of sp³-hybridized carbons (Fsp3) is 0.727. The highest BCUT2D eigenvalue weighted by Crippen LogP contribution is 2.20. The Balaban J connectivity index is 3.73. The third kappa shape index (κ3) is 5.78. The number of nitrogens with two attached hydrogens (primary N) is 1. The molecular formula is C11H21NS2. The van der Waals surface area contributed by atoms with Gasteiger partial charge in [-0.25, -0.2) is 0 Å². The van der Waals surface area contributed by atoms with Gasteiger partial charge in [0, 0.05) is 0 Å². The van der Waals surface area contributed by atoms with E-state index in [1.54, 1.807) is 0 Å². The van der Waals surface area contributed by atoms with E-state index in [1.807, 2.05) is 0 Å². The van der Waals surface area contributed by atoms with E-state index in [0.717, 1.165) is 30.6 Å². The molecule has 0 aromatic carbocycles. The molecule has 3 heteroatoms. The van der Waals surface area contributed by atoms with Crippen LogP contribution in [0.4, 0.5) is 0 Å². The minimum absolute atomic E-state index is 0.616. The lowest BCUT2D eigenvalue weighted by atomic mass is 9.94. The molecule has 0 aromatic heterocycles. The van der Waals surface area contributed by atoms with Gasteiger partial charge in [0.25, 0.3) is 0 Å². The van der Waals surface area contributed by atoms with Gasteiger partial charge in [-0.05, 0) is 47.8 Å². The maximum atomic E-state index is 5.40. The third-order valence-electron chi connectivity index (χ3n) is 2.47. The quantitative estimate of drug-likeness (QED) is 0.503. The molecule has 0 aliphatic heterocycles. The van der Waals surface area contributed by atoms with Gasteiger partial charge < -0.3 is 0 Å². The molecule has 0 amide bonds. The minimum atomic E-state index is 0.616. The molecule has 0 fully saturated rings. The van der Waals surface area contributed by atoms with E-state index in [0.29, 0.717) is 5.92 Å². The second kappa shape index (κ2) is 8.45.